The number of carbonyl (C=O) groups excluding carboxylic acids is 1. The monoisotopic (exact) mass is 259 g/mol. The Bertz CT molecular complexity index is 267. The van der Waals surface area contributed by atoms with E-state index in [2.05, 4.69) is 4.52 Å². The summed E-state index contributed by atoms with van der Waals surface area (Å²) in [6, 6.07) is -1.42. The van der Waals surface area contributed by atoms with Crippen molar-refractivity contribution in [2.75, 3.05) is 6.61 Å². The maximum Gasteiger partial charge on any atom is 0.469 e. The number of phosphoric ester groups is 1. The van der Waals surface area contributed by atoms with E-state index in [9.17, 15) is 19.6 Å². The molecule has 4 atom stereocenters. The number of aliphatic hydroxyl groups is 3. The van der Waals surface area contributed by atoms with Gasteiger partial charge in [-0.2, -0.15) is 0 Å². The Kier molecular flexibility index (Phi) is 6.23. The number of phosphoric acid groups is 1. The van der Waals surface area contributed by atoms with Crippen LogP contribution in [0.5, 0.6) is 0 Å². The van der Waals surface area contributed by atoms with Gasteiger partial charge in [0, 0.05) is 0 Å². The van der Waals surface area contributed by atoms with Crippen LogP contribution < -0.4 is 5.73 Å². The summed E-state index contributed by atoms with van der Waals surface area (Å²) in [6.07, 6.45) is -5.24. The molecule has 96 valence electrons. The van der Waals surface area contributed by atoms with Crippen molar-refractivity contribution < 1.29 is 39.0 Å². The largest absolute Gasteiger partial charge is 0.469 e. The lowest BCUT2D eigenvalue weighted by Crippen LogP contribution is -2.50. The van der Waals surface area contributed by atoms with Gasteiger partial charge in [0.2, 0.25) is 0 Å². The number of nitrogens with two attached hydrogens (primary N) is 1. The second kappa shape index (κ2) is 6.38. The predicted octanol–water partition coefficient (Wildman–Crippen LogP) is -3.30. The average molecular weight is 259 g/mol. The zero-order chi connectivity index (χ0) is 12.9. The van der Waals surface area contributed by atoms with Crippen molar-refractivity contribution in [3.05, 3.63) is 0 Å². The number of hydrogen-bond donors (Lipinski definition) is 6. The van der Waals surface area contributed by atoms with Gasteiger partial charge in [-0.15, -0.1) is 0 Å². The number of hydrogen-bond acceptors (Lipinski definition) is 7. The summed E-state index contributed by atoms with van der Waals surface area (Å²) in [5.74, 6) is 0. The van der Waals surface area contributed by atoms with Gasteiger partial charge in [-0.3, -0.25) is 4.52 Å². The normalized spacial score (nSPS) is 19.9. The van der Waals surface area contributed by atoms with E-state index in [1.54, 1.807) is 0 Å². The topological polar surface area (TPSA) is 171 Å². The minimum atomic E-state index is -4.77. The molecule has 9 nitrogen and oxygen atoms in total. The van der Waals surface area contributed by atoms with Gasteiger partial charge in [0.25, 0.3) is 0 Å². The van der Waals surface area contributed by atoms with Crippen LogP contribution in [-0.4, -0.2) is 62.4 Å². The molecule has 0 aliphatic carbocycles. The van der Waals surface area contributed by atoms with Crippen LogP contribution in [0, 0.1) is 0 Å². The molecule has 0 aromatic heterocycles. The third kappa shape index (κ3) is 5.64. The highest BCUT2D eigenvalue weighted by Crippen LogP contribution is 2.35. The summed E-state index contributed by atoms with van der Waals surface area (Å²) in [7, 11) is -4.77. The van der Waals surface area contributed by atoms with E-state index in [4.69, 9.17) is 20.6 Å². The number of carbonyl (C=O) groups is 1. The van der Waals surface area contributed by atoms with Crippen LogP contribution in [0.1, 0.15) is 0 Å². The first-order chi connectivity index (χ1) is 7.19. The summed E-state index contributed by atoms with van der Waals surface area (Å²) >= 11 is 0. The van der Waals surface area contributed by atoms with Crippen molar-refractivity contribution in [3.8, 4) is 0 Å². The molecule has 0 aliphatic heterocycles. The van der Waals surface area contributed by atoms with E-state index in [1.165, 1.54) is 0 Å². The van der Waals surface area contributed by atoms with Crippen molar-refractivity contribution in [2.24, 2.45) is 5.73 Å². The standard InChI is InChI=1S/C6H14NO8P/c7-3(1-8)5(10)6(11)4(9)2-15-16(12,13)14/h1,3-6,9-11H,2,7H2,(H2,12,13,14)/t3-,4+,5+,6-/m1/s1. The second-order valence-electron chi connectivity index (χ2n) is 3.05. The summed E-state index contributed by atoms with van der Waals surface area (Å²) in [4.78, 5) is 26.7. The van der Waals surface area contributed by atoms with Gasteiger partial charge >= 0.3 is 7.82 Å². The number of aliphatic hydroxyl groups excluding tert-OH is 3. The summed E-state index contributed by atoms with van der Waals surface area (Å²) < 4.78 is 14.1. The van der Waals surface area contributed by atoms with E-state index >= 15 is 0 Å². The third-order valence-corrected chi connectivity index (χ3v) is 2.19. The predicted molar refractivity (Wildman–Crippen MR) is 50.1 cm³/mol. The lowest BCUT2D eigenvalue weighted by molar-refractivity contribution is -0.118. The van der Waals surface area contributed by atoms with Crippen LogP contribution in [0.4, 0.5) is 0 Å². The molecular formula is C6H14NO8P. The third-order valence-electron chi connectivity index (χ3n) is 1.71. The molecule has 0 radical (unpaired) electrons. The van der Waals surface area contributed by atoms with Gasteiger partial charge in [-0.1, -0.05) is 0 Å². The van der Waals surface area contributed by atoms with E-state index < -0.39 is 38.8 Å². The van der Waals surface area contributed by atoms with Crippen LogP contribution in [0.3, 0.4) is 0 Å². The van der Waals surface area contributed by atoms with Crippen LogP contribution in [-0.2, 0) is 13.9 Å². The van der Waals surface area contributed by atoms with Gasteiger partial charge in [0.05, 0.1) is 12.6 Å². The minimum Gasteiger partial charge on any atom is -0.388 e. The Morgan fingerprint density at radius 2 is 1.75 bits per heavy atom. The Labute approximate surface area is 90.7 Å². The molecule has 0 bridgehead atoms. The summed E-state index contributed by atoms with van der Waals surface area (Å²) in [6.45, 7) is -0.909. The van der Waals surface area contributed by atoms with Crippen LogP contribution in [0.15, 0.2) is 0 Å². The lowest BCUT2D eigenvalue weighted by atomic mass is 10.0. The summed E-state index contributed by atoms with van der Waals surface area (Å²) in [5.41, 5.74) is 5.05. The molecular weight excluding hydrogens is 245 g/mol. The van der Waals surface area contributed by atoms with Gasteiger partial charge in [0.1, 0.15) is 24.6 Å². The first-order valence-corrected chi connectivity index (χ1v) is 5.67. The highest BCUT2D eigenvalue weighted by atomic mass is 31.2. The molecule has 0 aliphatic rings. The maximum atomic E-state index is 10.3. The zero-order valence-electron chi connectivity index (χ0n) is 8.08. The molecule has 0 saturated heterocycles. The van der Waals surface area contributed by atoms with E-state index in [0.29, 0.717) is 0 Å². The lowest BCUT2D eigenvalue weighted by Gasteiger charge is -2.24. The molecule has 0 aromatic carbocycles. The highest BCUT2D eigenvalue weighted by molar-refractivity contribution is 7.46. The van der Waals surface area contributed by atoms with Gasteiger partial charge in [-0.05, 0) is 0 Å². The molecule has 0 aromatic rings. The van der Waals surface area contributed by atoms with Crippen LogP contribution >= 0.6 is 7.82 Å². The molecule has 0 unspecified atom stereocenters. The Morgan fingerprint density at radius 1 is 1.25 bits per heavy atom. The van der Waals surface area contributed by atoms with Crippen molar-refractivity contribution in [1.29, 1.82) is 0 Å². The van der Waals surface area contributed by atoms with Crippen molar-refractivity contribution >= 4 is 14.1 Å². The Hall–Kier alpha value is -0.380. The maximum absolute atomic E-state index is 10.3. The van der Waals surface area contributed by atoms with E-state index in [-0.39, 0.29) is 6.29 Å². The molecule has 16 heavy (non-hydrogen) atoms. The molecule has 10 heteroatoms. The number of rotatable bonds is 7. The fraction of sp³-hybridized carbons (Fsp3) is 0.833. The van der Waals surface area contributed by atoms with Gasteiger partial charge in [-0.25, -0.2) is 4.57 Å². The quantitative estimate of drug-likeness (QED) is 0.202. The highest BCUT2D eigenvalue weighted by Gasteiger charge is 2.30. The molecule has 0 fully saturated rings. The van der Waals surface area contributed by atoms with Crippen LogP contribution in [0.25, 0.3) is 0 Å². The molecule has 0 saturated carbocycles. The first-order valence-electron chi connectivity index (χ1n) is 4.14. The Morgan fingerprint density at radius 3 is 2.12 bits per heavy atom. The second-order valence-corrected chi connectivity index (χ2v) is 4.29. The zero-order valence-corrected chi connectivity index (χ0v) is 8.97. The molecule has 0 amide bonds. The number of aldehydes is 1. The van der Waals surface area contributed by atoms with Crippen LogP contribution in [0.2, 0.25) is 0 Å². The van der Waals surface area contributed by atoms with Crippen molar-refractivity contribution in [1.82, 2.24) is 0 Å². The van der Waals surface area contributed by atoms with Gasteiger partial charge in [0.15, 0.2) is 0 Å². The van der Waals surface area contributed by atoms with E-state index in [1.807, 2.05) is 0 Å². The minimum absolute atomic E-state index is 0.157. The fourth-order valence-corrected chi connectivity index (χ4v) is 1.15. The molecule has 0 rings (SSSR count). The molecule has 0 spiro atoms. The Balaban J connectivity index is 4.22. The van der Waals surface area contributed by atoms with Gasteiger partial charge < -0.3 is 35.6 Å². The van der Waals surface area contributed by atoms with Crippen molar-refractivity contribution in [3.63, 3.8) is 0 Å². The SMILES string of the molecule is N[C@H](C=O)[C@H](O)[C@H](O)[C@@H](O)COP(=O)(O)O. The molecule has 0 heterocycles. The molecule has 7 N–H and O–H groups in total. The fourth-order valence-electron chi connectivity index (χ4n) is 0.808. The smallest absolute Gasteiger partial charge is 0.388 e. The van der Waals surface area contributed by atoms with Crippen molar-refractivity contribution in [2.45, 2.75) is 24.4 Å². The average Bonchev–Trinajstić information content (AvgIpc) is 2.21. The summed E-state index contributed by atoms with van der Waals surface area (Å²) in [5, 5.41) is 27.5. The first kappa shape index (κ1) is 15.6. The van der Waals surface area contributed by atoms with E-state index in [0.717, 1.165) is 0 Å².